The van der Waals surface area contributed by atoms with Crippen LogP contribution in [-0.4, -0.2) is 143 Å². The number of carbonyl (C=O) groups excluding carboxylic acids is 2. The number of carbonyl (C=O) groups is 2. The highest BCUT2D eigenvalue weighted by molar-refractivity contribution is 5.81. The summed E-state index contributed by atoms with van der Waals surface area (Å²) in [6.07, 6.45) is -6.70. The van der Waals surface area contributed by atoms with E-state index < -0.39 is 91.5 Å². The van der Waals surface area contributed by atoms with Gasteiger partial charge in [0.1, 0.15) is 55.4 Å². The van der Waals surface area contributed by atoms with Crippen molar-refractivity contribution in [3.05, 3.63) is 25.3 Å². The average molecular weight is 613 g/mol. The first-order valence-electron chi connectivity index (χ1n) is 12.9. The minimum Gasteiger partial charge on any atom is -0.466 e. The third kappa shape index (κ3) is 10.3. The normalized spacial score (nSPS) is 34.4. The van der Waals surface area contributed by atoms with Crippen LogP contribution in [0.2, 0.25) is 0 Å². The van der Waals surface area contributed by atoms with Gasteiger partial charge in [0.15, 0.2) is 24.2 Å². The van der Waals surface area contributed by atoms with Crippen molar-refractivity contribution in [1.82, 2.24) is 0 Å². The number of esters is 2. The topological polar surface area (TPSA) is 229 Å². The Morgan fingerprint density at radius 1 is 0.810 bits per heavy atom. The van der Waals surface area contributed by atoms with Gasteiger partial charge in [-0.15, -0.1) is 0 Å². The van der Waals surface area contributed by atoms with Crippen molar-refractivity contribution in [3.63, 3.8) is 0 Å². The van der Waals surface area contributed by atoms with Gasteiger partial charge in [-0.25, -0.2) is 9.59 Å². The molecule has 0 saturated carbocycles. The zero-order chi connectivity index (χ0) is 32.4. The first-order chi connectivity index (χ1) is 19.6. The molecule has 0 aromatic rings. The average Bonchev–Trinajstić information content (AvgIpc) is 3.64. The van der Waals surface area contributed by atoms with Gasteiger partial charge in [-0.3, -0.25) is 0 Å². The number of rotatable bonds is 7. The Labute approximate surface area is 243 Å². The number of hydrogen-bond donors (Lipinski definition) is 6. The molecule has 4 rings (SSSR count). The van der Waals surface area contributed by atoms with E-state index in [1.165, 1.54) is 7.11 Å². The quantitative estimate of drug-likeness (QED) is 0.133. The Morgan fingerprint density at radius 3 is 1.52 bits per heavy atom. The zero-order valence-electron chi connectivity index (χ0n) is 24.5. The third-order valence-corrected chi connectivity index (χ3v) is 5.98. The molecule has 4 fully saturated rings. The highest BCUT2D eigenvalue weighted by Gasteiger charge is 2.57. The molecular weight excluding hydrogens is 568 g/mol. The molecule has 0 bridgehead atoms. The second-order valence-corrected chi connectivity index (χ2v) is 10.00. The Balaban J connectivity index is 0.000000341. The maximum atomic E-state index is 10.9. The number of aliphatic hydroxyl groups is 6. The maximum absolute atomic E-state index is 10.9. The second-order valence-electron chi connectivity index (χ2n) is 10.00. The van der Waals surface area contributed by atoms with Crippen LogP contribution in [0.4, 0.5) is 0 Å². The van der Waals surface area contributed by atoms with Crippen LogP contribution in [0, 0.1) is 0 Å². The van der Waals surface area contributed by atoms with Gasteiger partial charge >= 0.3 is 11.9 Å². The van der Waals surface area contributed by atoms with E-state index in [9.17, 15) is 30.0 Å². The van der Waals surface area contributed by atoms with Crippen molar-refractivity contribution < 1.29 is 78.1 Å². The number of methoxy groups -OCH3 is 1. The summed E-state index contributed by atoms with van der Waals surface area (Å²) in [6.45, 7) is 12.5. The number of ether oxygens (including phenoxy) is 8. The van der Waals surface area contributed by atoms with Crippen LogP contribution >= 0.6 is 0 Å². The molecule has 10 atom stereocenters. The van der Waals surface area contributed by atoms with E-state index in [2.05, 4.69) is 17.9 Å². The Bertz CT molecular complexity index is 878. The Kier molecular flexibility index (Phi) is 15.1. The fraction of sp³-hybridized carbons (Fsp3) is 0.769. The van der Waals surface area contributed by atoms with Crippen molar-refractivity contribution in [1.29, 1.82) is 0 Å². The Morgan fingerprint density at radius 2 is 1.21 bits per heavy atom. The Hall–Kier alpha value is -2.06. The fourth-order valence-electron chi connectivity index (χ4n) is 4.18. The minimum atomic E-state index is -1.17. The summed E-state index contributed by atoms with van der Waals surface area (Å²) in [5.74, 6) is -2.66. The van der Waals surface area contributed by atoms with Crippen molar-refractivity contribution >= 4 is 11.9 Å². The van der Waals surface area contributed by atoms with Crippen LogP contribution in [0.5, 0.6) is 0 Å². The number of aliphatic hydroxyl groups excluding tert-OH is 6. The summed E-state index contributed by atoms with van der Waals surface area (Å²) in [4.78, 5) is 20.7. The van der Waals surface area contributed by atoms with Crippen molar-refractivity contribution in [2.24, 2.45) is 0 Å². The lowest BCUT2D eigenvalue weighted by molar-refractivity contribution is -0.228. The molecule has 4 saturated heterocycles. The monoisotopic (exact) mass is 612 g/mol. The first kappa shape index (κ1) is 38.0. The molecule has 4 heterocycles. The van der Waals surface area contributed by atoms with Crippen LogP contribution in [-0.2, 0) is 47.5 Å². The van der Waals surface area contributed by atoms with Crippen LogP contribution in [0.1, 0.15) is 27.7 Å². The van der Waals surface area contributed by atoms with E-state index in [4.69, 9.17) is 43.4 Å². The van der Waals surface area contributed by atoms with Crippen LogP contribution in [0.3, 0.4) is 0 Å². The van der Waals surface area contributed by atoms with Gasteiger partial charge in [-0.05, 0) is 27.7 Å². The predicted octanol–water partition coefficient (Wildman–Crippen LogP) is -2.16. The van der Waals surface area contributed by atoms with Crippen LogP contribution < -0.4 is 0 Å². The van der Waals surface area contributed by atoms with E-state index in [-0.39, 0.29) is 6.61 Å². The molecule has 0 radical (unpaired) electrons. The molecule has 0 aliphatic carbocycles. The summed E-state index contributed by atoms with van der Waals surface area (Å²) in [6, 6.07) is 0. The van der Waals surface area contributed by atoms with Crippen LogP contribution in [0.25, 0.3) is 0 Å². The molecule has 4 aliphatic heterocycles. The molecule has 0 amide bonds. The van der Waals surface area contributed by atoms with E-state index >= 15 is 0 Å². The SMILES string of the molecule is C=CC(=O)OC.C=CC(=O)OCC(O)C1OC2OC(C)(C)OC2C1O.CC1(C)OC2OC(C(O)CO)C(O)C2O1.CO. The van der Waals surface area contributed by atoms with E-state index in [0.717, 1.165) is 19.3 Å². The molecule has 6 N–H and O–H groups in total. The minimum absolute atomic E-state index is 0.296. The second kappa shape index (κ2) is 16.7. The summed E-state index contributed by atoms with van der Waals surface area (Å²) in [5, 5.41) is 54.8. The highest BCUT2D eigenvalue weighted by atomic mass is 16.8. The van der Waals surface area contributed by atoms with Crippen molar-refractivity contribution in [2.75, 3.05) is 27.4 Å². The zero-order valence-corrected chi connectivity index (χ0v) is 24.5. The van der Waals surface area contributed by atoms with Gasteiger partial charge in [0.25, 0.3) is 0 Å². The lowest BCUT2D eigenvalue weighted by Gasteiger charge is -2.25. The van der Waals surface area contributed by atoms with Gasteiger partial charge in [0.2, 0.25) is 0 Å². The predicted molar refractivity (Wildman–Crippen MR) is 140 cm³/mol. The molecule has 16 heteroatoms. The molecule has 0 aromatic heterocycles. The van der Waals surface area contributed by atoms with Gasteiger partial charge in [-0.2, -0.15) is 0 Å². The van der Waals surface area contributed by atoms with Gasteiger partial charge in [0, 0.05) is 19.3 Å². The standard InChI is InChI=1S/C12H18O7.C9H16O6.C4H6O2.CH4O/c1-4-7(14)16-5-6(13)9-8(15)10-11(17-9)19-12(2,3)18-10;1-9(2)14-7-5(12)6(4(11)3-10)13-8(7)15-9;1-3-4(5)6-2;1-2/h4,6,8-11,13,15H,1,5H2,2-3H3;4-8,10-12H,3H2,1-2H3;3H,1H2,2H3;2H,1H3. The molecular formula is C26H44O16. The first-order valence-corrected chi connectivity index (χ1v) is 12.9. The molecule has 0 spiro atoms. The van der Waals surface area contributed by atoms with Gasteiger partial charge < -0.3 is 68.5 Å². The molecule has 10 unspecified atom stereocenters. The van der Waals surface area contributed by atoms with Crippen molar-refractivity contribution in [3.8, 4) is 0 Å². The smallest absolute Gasteiger partial charge is 0.330 e. The largest absolute Gasteiger partial charge is 0.466 e. The molecule has 42 heavy (non-hydrogen) atoms. The highest BCUT2D eigenvalue weighted by Crippen LogP contribution is 2.39. The van der Waals surface area contributed by atoms with Crippen LogP contribution in [0.15, 0.2) is 25.3 Å². The number of fused-ring (bicyclic) bond motifs is 2. The molecule has 0 aromatic carbocycles. The van der Waals surface area contributed by atoms with E-state index in [0.29, 0.717) is 0 Å². The van der Waals surface area contributed by atoms with Crippen molar-refractivity contribution in [2.45, 2.75) is 101 Å². The molecule has 16 nitrogen and oxygen atoms in total. The van der Waals surface area contributed by atoms with E-state index in [1.807, 2.05) is 0 Å². The molecule has 4 aliphatic rings. The maximum Gasteiger partial charge on any atom is 0.330 e. The molecule has 244 valence electrons. The lowest BCUT2D eigenvalue weighted by Crippen LogP contribution is -2.43. The summed E-state index contributed by atoms with van der Waals surface area (Å²) < 4.78 is 41.2. The fourth-order valence-corrected chi connectivity index (χ4v) is 4.18. The summed E-state index contributed by atoms with van der Waals surface area (Å²) in [5.41, 5.74) is 0. The lowest BCUT2D eigenvalue weighted by atomic mass is 10.1. The number of hydrogen-bond acceptors (Lipinski definition) is 16. The van der Waals surface area contributed by atoms with Gasteiger partial charge in [-0.1, -0.05) is 13.2 Å². The third-order valence-electron chi connectivity index (χ3n) is 5.98. The van der Waals surface area contributed by atoms with Gasteiger partial charge in [0.05, 0.1) is 13.7 Å². The van der Waals surface area contributed by atoms with E-state index in [1.54, 1.807) is 27.7 Å². The summed E-state index contributed by atoms with van der Waals surface area (Å²) >= 11 is 0. The summed E-state index contributed by atoms with van der Waals surface area (Å²) in [7, 11) is 2.31.